The van der Waals surface area contributed by atoms with Crippen molar-refractivity contribution in [3.05, 3.63) is 11.9 Å². The van der Waals surface area contributed by atoms with E-state index in [0.29, 0.717) is 18.3 Å². The van der Waals surface area contributed by atoms with Crippen LogP contribution < -0.4 is 10.5 Å². The highest BCUT2D eigenvalue weighted by Crippen LogP contribution is 2.21. The summed E-state index contributed by atoms with van der Waals surface area (Å²) in [4.78, 5) is 8.05. The fourth-order valence-corrected chi connectivity index (χ4v) is 1.81. The molecule has 0 spiro atoms. The van der Waals surface area contributed by atoms with Crippen LogP contribution in [-0.4, -0.2) is 29.3 Å². The van der Waals surface area contributed by atoms with E-state index in [1.54, 1.807) is 0 Å². The number of aromatic nitrogens is 2. The summed E-state index contributed by atoms with van der Waals surface area (Å²) in [5.41, 5.74) is 6.63. The Labute approximate surface area is 95.0 Å². The van der Waals surface area contributed by atoms with Crippen LogP contribution in [0.4, 0.5) is 5.82 Å². The monoisotopic (exact) mass is 223 g/mol. The maximum Gasteiger partial charge on any atom is 0.221 e. The van der Waals surface area contributed by atoms with E-state index in [1.807, 2.05) is 6.92 Å². The van der Waals surface area contributed by atoms with Crippen molar-refractivity contribution < 1.29 is 9.47 Å². The van der Waals surface area contributed by atoms with E-state index in [9.17, 15) is 0 Å². The summed E-state index contributed by atoms with van der Waals surface area (Å²) in [6.07, 6.45) is 4.57. The van der Waals surface area contributed by atoms with E-state index < -0.39 is 0 Å². The molecule has 0 radical (unpaired) electrons. The third kappa shape index (κ3) is 2.41. The van der Waals surface area contributed by atoms with Gasteiger partial charge in [0.1, 0.15) is 18.8 Å². The van der Waals surface area contributed by atoms with Crippen molar-refractivity contribution in [2.75, 3.05) is 18.9 Å². The molecule has 1 atom stereocenters. The lowest BCUT2D eigenvalue weighted by molar-refractivity contribution is 0.0659. The van der Waals surface area contributed by atoms with E-state index in [1.165, 1.54) is 6.33 Å². The van der Waals surface area contributed by atoms with E-state index in [-0.39, 0.29) is 6.10 Å². The zero-order valence-electron chi connectivity index (χ0n) is 9.48. The number of nitrogen functional groups attached to an aromatic ring is 1. The van der Waals surface area contributed by atoms with Gasteiger partial charge in [-0.25, -0.2) is 9.97 Å². The Balaban J connectivity index is 2.00. The topological polar surface area (TPSA) is 70.3 Å². The summed E-state index contributed by atoms with van der Waals surface area (Å²) < 4.78 is 11.1. The number of nitrogens with zero attached hydrogens (tertiary/aromatic N) is 2. The van der Waals surface area contributed by atoms with Crippen LogP contribution in [-0.2, 0) is 11.2 Å². The Hall–Kier alpha value is -1.36. The molecule has 88 valence electrons. The molecule has 5 nitrogen and oxygen atoms in total. The van der Waals surface area contributed by atoms with Crippen LogP contribution in [0.25, 0.3) is 0 Å². The first-order valence-corrected chi connectivity index (χ1v) is 5.65. The summed E-state index contributed by atoms with van der Waals surface area (Å²) in [5, 5.41) is 0. The van der Waals surface area contributed by atoms with Gasteiger partial charge in [0.25, 0.3) is 0 Å². The number of ether oxygens (including phenoxy) is 2. The second-order valence-corrected chi connectivity index (χ2v) is 3.84. The Morgan fingerprint density at radius 3 is 3.12 bits per heavy atom. The molecule has 1 aliphatic heterocycles. The zero-order chi connectivity index (χ0) is 11.4. The first kappa shape index (κ1) is 11.1. The lowest BCUT2D eigenvalue weighted by Crippen LogP contribution is -2.17. The van der Waals surface area contributed by atoms with Crippen LogP contribution in [0.2, 0.25) is 0 Å². The van der Waals surface area contributed by atoms with Crippen LogP contribution in [0.15, 0.2) is 6.33 Å². The van der Waals surface area contributed by atoms with Crippen LogP contribution in [0, 0.1) is 0 Å². The Morgan fingerprint density at radius 2 is 2.44 bits per heavy atom. The van der Waals surface area contributed by atoms with Gasteiger partial charge >= 0.3 is 0 Å². The second kappa shape index (κ2) is 5.12. The van der Waals surface area contributed by atoms with Gasteiger partial charge in [-0.3, -0.25) is 0 Å². The van der Waals surface area contributed by atoms with Crippen molar-refractivity contribution in [1.82, 2.24) is 9.97 Å². The summed E-state index contributed by atoms with van der Waals surface area (Å²) in [6, 6.07) is 0. The van der Waals surface area contributed by atoms with E-state index in [2.05, 4.69) is 9.97 Å². The van der Waals surface area contributed by atoms with Gasteiger partial charge in [-0.1, -0.05) is 6.92 Å². The van der Waals surface area contributed by atoms with Crippen LogP contribution in [0.3, 0.4) is 0 Å². The van der Waals surface area contributed by atoms with E-state index in [0.717, 1.165) is 31.4 Å². The van der Waals surface area contributed by atoms with Crippen LogP contribution in [0.1, 0.15) is 25.3 Å². The first-order chi connectivity index (χ1) is 7.81. The van der Waals surface area contributed by atoms with E-state index >= 15 is 0 Å². The van der Waals surface area contributed by atoms with E-state index in [4.69, 9.17) is 15.2 Å². The van der Waals surface area contributed by atoms with Gasteiger partial charge in [-0.15, -0.1) is 0 Å². The smallest absolute Gasteiger partial charge is 0.221 e. The molecule has 5 heteroatoms. The maximum absolute atomic E-state index is 5.75. The van der Waals surface area contributed by atoms with Crippen molar-refractivity contribution in [3.8, 4) is 5.88 Å². The Kier molecular flexibility index (Phi) is 3.56. The summed E-state index contributed by atoms with van der Waals surface area (Å²) >= 11 is 0. The van der Waals surface area contributed by atoms with Gasteiger partial charge in [0, 0.05) is 6.61 Å². The fraction of sp³-hybridized carbons (Fsp3) is 0.636. The molecule has 1 fully saturated rings. The second-order valence-electron chi connectivity index (χ2n) is 3.84. The molecule has 1 saturated heterocycles. The van der Waals surface area contributed by atoms with Crippen molar-refractivity contribution in [1.29, 1.82) is 0 Å². The third-order valence-corrected chi connectivity index (χ3v) is 2.72. The van der Waals surface area contributed by atoms with Gasteiger partial charge in [0.2, 0.25) is 5.88 Å². The van der Waals surface area contributed by atoms with Crippen molar-refractivity contribution in [3.63, 3.8) is 0 Å². The molecular weight excluding hydrogens is 206 g/mol. The van der Waals surface area contributed by atoms with Crippen molar-refractivity contribution in [2.45, 2.75) is 32.3 Å². The minimum atomic E-state index is 0.195. The normalized spacial score (nSPS) is 19.9. The largest absolute Gasteiger partial charge is 0.475 e. The summed E-state index contributed by atoms with van der Waals surface area (Å²) in [6.45, 7) is 3.39. The van der Waals surface area contributed by atoms with Crippen molar-refractivity contribution >= 4 is 5.82 Å². The fourth-order valence-electron chi connectivity index (χ4n) is 1.81. The highest BCUT2D eigenvalue weighted by Gasteiger charge is 2.17. The lowest BCUT2D eigenvalue weighted by Gasteiger charge is -2.13. The van der Waals surface area contributed by atoms with Gasteiger partial charge in [0.05, 0.1) is 11.7 Å². The molecule has 0 aromatic carbocycles. The van der Waals surface area contributed by atoms with Crippen molar-refractivity contribution in [2.24, 2.45) is 0 Å². The van der Waals surface area contributed by atoms with Gasteiger partial charge in [-0.2, -0.15) is 0 Å². The molecule has 1 aromatic rings. The van der Waals surface area contributed by atoms with Crippen LogP contribution in [0.5, 0.6) is 5.88 Å². The molecule has 1 aliphatic rings. The molecule has 0 amide bonds. The molecular formula is C11H17N3O2. The number of nitrogens with two attached hydrogens (primary N) is 1. The first-order valence-electron chi connectivity index (χ1n) is 5.65. The number of hydrogen-bond acceptors (Lipinski definition) is 5. The molecule has 2 rings (SSSR count). The quantitative estimate of drug-likeness (QED) is 0.830. The average Bonchev–Trinajstić information content (AvgIpc) is 2.79. The number of hydrogen-bond donors (Lipinski definition) is 1. The lowest BCUT2D eigenvalue weighted by atomic mass is 10.2. The highest BCUT2D eigenvalue weighted by atomic mass is 16.5. The Bertz CT molecular complexity index is 351. The standard InChI is InChI=1S/C11H17N3O2/c1-2-9-10(12)13-7-14-11(9)16-6-8-4-3-5-15-8/h7-8H,2-6H2,1H3,(H2,12,13,14). The molecule has 1 unspecified atom stereocenters. The minimum absolute atomic E-state index is 0.195. The third-order valence-electron chi connectivity index (χ3n) is 2.72. The van der Waals surface area contributed by atoms with Gasteiger partial charge in [0.15, 0.2) is 0 Å². The molecule has 16 heavy (non-hydrogen) atoms. The predicted molar refractivity (Wildman–Crippen MR) is 60.3 cm³/mol. The number of anilines is 1. The zero-order valence-corrected chi connectivity index (χ0v) is 9.48. The molecule has 0 bridgehead atoms. The molecule has 0 saturated carbocycles. The predicted octanol–water partition coefficient (Wildman–Crippen LogP) is 1.18. The molecule has 2 N–H and O–H groups in total. The molecule has 2 heterocycles. The minimum Gasteiger partial charge on any atom is -0.475 e. The SMILES string of the molecule is CCc1c(N)ncnc1OCC1CCCO1. The summed E-state index contributed by atoms with van der Waals surface area (Å²) in [5.74, 6) is 1.09. The van der Waals surface area contributed by atoms with Gasteiger partial charge in [-0.05, 0) is 19.3 Å². The van der Waals surface area contributed by atoms with Crippen LogP contribution >= 0.6 is 0 Å². The Morgan fingerprint density at radius 1 is 1.56 bits per heavy atom. The molecule has 1 aromatic heterocycles. The number of rotatable bonds is 4. The maximum atomic E-state index is 5.75. The average molecular weight is 223 g/mol. The van der Waals surface area contributed by atoms with Gasteiger partial charge < -0.3 is 15.2 Å². The molecule has 0 aliphatic carbocycles. The summed E-state index contributed by atoms with van der Waals surface area (Å²) in [7, 11) is 0. The highest BCUT2D eigenvalue weighted by molar-refractivity contribution is 5.44.